The van der Waals surface area contributed by atoms with Crippen LogP contribution in [0.15, 0.2) is 61.2 Å². The molecule has 2 amide bonds. The lowest BCUT2D eigenvalue weighted by atomic mass is 10.1. The van der Waals surface area contributed by atoms with E-state index in [4.69, 9.17) is 16.7 Å². The number of carboxylic acids is 1. The highest BCUT2D eigenvalue weighted by molar-refractivity contribution is 6.30. The van der Waals surface area contributed by atoms with Gasteiger partial charge >= 0.3 is 12.0 Å². The zero-order valence-electron chi connectivity index (χ0n) is 18.6. The molecular formula is C25H26ClN5O3. The molecule has 4 rings (SSSR count). The lowest BCUT2D eigenvalue weighted by Crippen LogP contribution is -2.52. The summed E-state index contributed by atoms with van der Waals surface area (Å²) >= 11 is 6.32. The van der Waals surface area contributed by atoms with Crippen molar-refractivity contribution in [2.75, 3.05) is 37.6 Å². The SMILES string of the molecule is O=C(O)CNC(=O)N1CCN(c2ccc(/C=C/c3cc(Cl)cc(Cn4ccnc4)c3)cc2)CC1. The lowest BCUT2D eigenvalue weighted by Gasteiger charge is -2.36. The number of benzene rings is 2. The molecule has 0 aliphatic carbocycles. The van der Waals surface area contributed by atoms with Crippen LogP contribution in [-0.2, 0) is 11.3 Å². The van der Waals surface area contributed by atoms with E-state index in [0.717, 1.165) is 22.4 Å². The molecule has 0 bridgehead atoms. The molecule has 1 aromatic heterocycles. The van der Waals surface area contributed by atoms with E-state index in [1.807, 2.05) is 29.0 Å². The second-order valence-electron chi connectivity index (χ2n) is 8.08. The molecule has 2 aromatic carbocycles. The Balaban J connectivity index is 1.33. The van der Waals surface area contributed by atoms with Crippen molar-refractivity contribution >= 4 is 41.4 Å². The van der Waals surface area contributed by atoms with E-state index in [1.165, 1.54) is 0 Å². The highest BCUT2D eigenvalue weighted by atomic mass is 35.5. The first kappa shape index (κ1) is 23.4. The first-order valence-electron chi connectivity index (χ1n) is 11.0. The number of amides is 2. The van der Waals surface area contributed by atoms with Gasteiger partial charge in [0.15, 0.2) is 0 Å². The zero-order valence-corrected chi connectivity index (χ0v) is 19.4. The Morgan fingerprint density at radius 2 is 1.76 bits per heavy atom. The summed E-state index contributed by atoms with van der Waals surface area (Å²) in [6.45, 7) is 2.82. The third-order valence-corrected chi connectivity index (χ3v) is 5.81. The third-order valence-electron chi connectivity index (χ3n) is 5.59. The fraction of sp³-hybridized carbons (Fsp3) is 0.240. The molecular weight excluding hydrogens is 454 g/mol. The van der Waals surface area contributed by atoms with Crippen LogP contribution in [0.2, 0.25) is 5.02 Å². The molecule has 0 saturated carbocycles. The minimum atomic E-state index is -1.05. The molecule has 1 aliphatic heterocycles. The number of rotatable bonds is 7. The number of hydrogen-bond acceptors (Lipinski definition) is 4. The molecule has 1 fully saturated rings. The fourth-order valence-corrected chi connectivity index (χ4v) is 4.14. The van der Waals surface area contributed by atoms with Crippen LogP contribution in [0.3, 0.4) is 0 Å². The van der Waals surface area contributed by atoms with E-state index >= 15 is 0 Å². The number of carboxylic acid groups (broad SMARTS) is 1. The van der Waals surface area contributed by atoms with E-state index in [9.17, 15) is 9.59 Å². The molecule has 8 nitrogen and oxygen atoms in total. The van der Waals surface area contributed by atoms with Crippen LogP contribution in [-0.4, -0.2) is 64.3 Å². The first-order valence-corrected chi connectivity index (χ1v) is 11.4. The first-order chi connectivity index (χ1) is 16.5. The Morgan fingerprint density at radius 3 is 2.44 bits per heavy atom. The number of halogens is 1. The van der Waals surface area contributed by atoms with Crippen LogP contribution in [0, 0.1) is 0 Å². The van der Waals surface area contributed by atoms with Gasteiger partial charge in [0.1, 0.15) is 6.54 Å². The van der Waals surface area contributed by atoms with E-state index in [-0.39, 0.29) is 12.6 Å². The number of nitrogens with one attached hydrogen (secondary N) is 1. The highest BCUT2D eigenvalue weighted by Gasteiger charge is 2.21. The number of carbonyl (C=O) groups excluding carboxylic acids is 1. The van der Waals surface area contributed by atoms with Gasteiger partial charge in [-0.15, -0.1) is 0 Å². The van der Waals surface area contributed by atoms with Crippen LogP contribution in [0.1, 0.15) is 16.7 Å². The second kappa shape index (κ2) is 10.9. The summed E-state index contributed by atoms with van der Waals surface area (Å²) in [5.74, 6) is -1.05. The van der Waals surface area contributed by atoms with Crippen molar-refractivity contribution < 1.29 is 14.7 Å². The molecule has 2 N–H and O–H groups in total. The van der Waals surface area contributed by atoms with Gasteiger partial charge in [0.05, 0.1) is 6.33 Å². The van der Waals surface area contributed by atoms with E-state index in [2.05, 4.69) is 51.6 Å². The molecule has 1 aliphatic rings. The molecule has 0 unspecified atom stereocenters. The maximum Gasteiger partial charge on any atom is 0.323 e. The van der Waals surface area contributed by atoms with Gasteiger partial charge in [-0.1, -0.05) is 35.9 Å². The standard InChI is InChI=1S/C25H26ClN5O3/c26-22-14-20(13-21(15-22)17-29-8-7-27-18-29)2-1-19-3-5-23(6-4-19)30-9-11-31(12-10-30)25(34)28-16-24(32)33/h1-8,13-15,18H,9-12,16-17H2,(H,28,34)(H,32,33)/b2-1+. The molecule has 0 atom stereocenters. The van der Waals surface area contributed by atoms with E-state index < -0.39 is 5.97 Å². The summed E-state index contributed by atoms with van der Waals surface area (Å²) in [6, 6.07) is 14.0. The Morgan fingerprint density at radius 1 is 1.03 bits per heavy atom. The number of urea groups is 1. The van der Waals surface area contributed by atoms with Gasteiger partial charge in [-0.25, -0.2) is 9.78 Å². The van der Waals surface area contributed by atoms with Crippen molar-refractivity contribution in [2.24, 2.45) is 0 Å². The summed E-state index contributed by atoms with van der Waals surface area (Å²) in [6.07, 6.45) is 9.57. The number of piperazine rings is 1. The second-order valence-corrected chi connectivity index (χ2v) is 8.52. The van der Waals surface area contributed by atoms with Crippen molar-refractivity contribution in [1.29, 1.82) is 0 Å². The van der Waals surface area contributed by atoms with Crippen molar-refractivity contribution in [2.45, 2.75) is 6.54 Å². The average Bonchev–Trinajstić information content (AvgIpc) is 3.34. The van der Waals surface area contributed by atoms with Crippen molar-refractivity contribution in [1.82, 2.24) is 19.8 Å². The number of hydrogen-bond donors (Lipinski definition) is 2. The predicted octanol–water partition coefficient (Wildman–Crippen LogP) is 3.67. The lowest BCUT2D eigenvalue weighted by molar-refractivity contribution is -0.135. The van der Waals surface area contributed by atoms with Crippen molar-refractivity contribution in [3.05, 3.63) is 82.9 Å². The van der Waals surface area contributed by atoms with Gasteiger partial charge < -0.3 is 24.8 Å². The van der Waals surface area contributed by atoms with Crippen molar-refractivity contribution in [3.63, 3.8) is 0 Å². The predicted molar refractivity (Wildman–Crippen MR) is 133 cm³/mol. The van der Waals surface area contributed by atoms with Crippen LogP contribution in [0.25, 0.3) is 12.2 Å². The molecule has 176 valence electrons. The molecule has 9 heteroatoms. The van der Waals surface area contributed by atoms with Crippen LogP contribution in [0.4, 0.5) is 10.5 Å². The molecule has 3 aromatic rings. The van der Waals surface area contributed by atoms with E-state index in [1.54, 1.807) is 17.4 Å². The number of imidazole rings is 1. The monoisotopic (exact) mass is 479 g/mol. The summed E-state index contributed by atoms with van der Waals surface area (Å²) in [7, 11) is 0. The third kappa shape index (κ3) is 6.39. The number of carbonyl (C=O) groups is 2. The van der Waals surface area contributed by atoms with Gasteiger partial charge in [-0.05, 0) is 47.0 Å². The number of nitrogens with zero attached hydrogens (tertiary/aromatic N) is 4. The van der Waals surface area contributed by atoms with Crippen LogP contribution >= 0.6 is 11.6 Å². The van der Waals surface area contributed by atoms with Gasteiger partial charge in [0.2, 0.25) is 0 Å². The molecule has 34 heavy (non-hydrogen) atoms. The quantitative estimate of drug-likeness (QED) is 0.504. The largest absolute Gasteiger partial charge is 0.480 e. The normalized spacial score (nSPS) is 13.9. The zero-order chi connectivity index (χ0) is 23.9. The van der Waals surface area contributed by atoms with Crippen LogP contribution in [0.5, 0.6) is 0 Å². The Bertz CT molecular complexity index is 1150. The summed E-state index contributed by atoms with van der Waals surface area (Å²) in [5.41, 5.74) is 4.31. The highest BCUT2D eigenvalue weighted by Crippen LogP contribution is 2.21. The Kier molecular flexibility index (Phi) is 7.49. The van der Waals surface area contributed by atoms with Gasteiger partial charge in [0, 0.05) is 55.8 Å². The van der Waals surface area contributed by atoms with E-state index in [0.29, 0.717) is 37.7 Å². The smallest absolute Gasteiger partial charge is 0.323 e. The summed E-state index contributed by atoms with van der Waals surface area (Å²) in [5, 5.41) is 11.8. The maximum absolute atomic E-state index is 12.0. The Labute approximate surface area is 203 Å². The maximum atomic E-state index is 12.0. The Hall–Kier alpha value is -3.78. The molecule has 0 spiro atoms. The van der Waals surface area contributed by atoms with Gasteiger partial charge in [-0.3, -0.25) is 4.79 Å². The molecule has 2 heterocycles. The van der Waals surface area contributed by atoms with Gasteiger partial charge in [0.25, 0.3) is 0 Å². The number of aromatic nitrogens is 2. The summed E-state index contributed by atoms with van der Waals surface area (Å²) < 4.78 is 2.00. The fourth-order valence-electron chi connectivity index (χ4n) is 3.87. The number of aliphatic carboxylic acids is 1. The molecule has 1 saturated heterocycles. The topological polar surface area (TPSA) is 90.7 Å². The minimum Gasteiger partial charge on any atom is -0.480 e. The average molecular weight is 480 g/mol. The van der Waals surface area contributed by atoms with Crippen LogP contribution < -0.4 is 10.2 Å². The van der Waals surface area contributed by atoms with Gasteiger partial charge in [-0.2, -0.15) is 0 Å². The minimum absolute atomic E-state index is 0.336. The summed E-state index contributed by atoms with van der Waals surface area (Å²) in [4.78, 5) is 30.6. The molecule has 0 radical (unpaired) electrons. The van der Waals surface area contributed by atoms with Crippen molar-refractivity contribution in [3.8, 4) is 0 Å². The number of anilines is 1.